The fraction of sp³-hybridized carbons (Fsp3) is 0.278. The van der Waals surface area contributed by atoms with Gasteiger partial charge in [0.2, 0.25) is 0 Å². The summed E-state index contributed by atoms with van der Waals surface area (Å²) < 4.78 is 10.5. The molecule has 2 rings (SSSR count). The molecule has 0 saturated heterocycles. The highest BCUT2D eigenvalue weighted by molar-refractivity contribution is 6.31. The van der Waals surface area contributed by atoms with Gasteiger partial charge in [-0.15, -0.1) is 0 Å². The molecule has 0 unspecified atom stereocenters. The van der Waals surface area contributed by atoms with E-state index in [0.717, 1.165) is 24.2 Å². The summed E-state index contributed by atoms with van der Waals surface area (Å²) in [6, 6.07) is 12.9. The third-order valence-electron chi connectivity index (χ3n) is 3.51. The van der Waals surface area contributed by atoms with Crippen molar-refractivity contribution in [1.29, 1.82) is 0 Å². The number of amides is 1. The lowest BCUT2D eigenvalue weighted by Gasteiger charge is -2.11. The summed E-state index contributed by atoms with van der Waals surface area (Å²) in [5.41, 5.74) is 1.57. The van der Waals surface area contributed by atoms with Crippen LogP contribution in [0.3, 0.4) is 0 Å². The van der Waals surface area contributed by atoms with Crippen LogP contribution in [0, 0.1) is 0 Å². The van der Waals surface area contributed by atoms with Crippen LogP contribution < -0.4 is 14.8 Å². The summed E-state index contributed by atoms with van der Waals surface area (Å²) in [6.45, 7) is 0.562. The number of carbonyl (C=O) groups is 1. The van der Waals surface area contributed by atoms with Crippen molar-refractivity contribution in [2.75, 3.05) is 20.8 Å². The molecule has 0 atom stereocenters. The molecule has 0 radical (unpaired) electrons. The first-order valence-corrected chi connectivity index (χ1v) is 7.77. The highest BCUT2D eigenvalue weighted by Gasteiger charge is 2.12. The van der Waals surface area contributed by atoms with Crippen molar-refractivity contribution in [2.45, 2.75) is 12.8 Å². The van der Waals surface area contributed by atoms with Crippen molar-refractivity contribution >= 4 is 17.5 Å². The Morgan fingerprint density at radius 1 is 1.09 bits per heavy atom. The first kappa shape index (κ1) is 17.2. The van der Waals surface area contributed by atoms with Crippen LogP contribution in [0.4, 0.5) is 0 Å². The smallest absolute Gasteiger partial charge is 0.255 e. The molecule has 5 heteroatoms. The number of nitrogens with one attached hydrogen (secondary N) is 1. The minimum Gasteiger partial charge on any atom is -0.496 e. The van der Waals surface area contributed by atoms with Crippen molar-refractivity contribution < 1.29 is 14.3 Å². The van der Waals surface area contributed by atoms with Crippen LogP contribution >= 0.6 is 11.6 Å². The van der Waals surface area contributed by atoms with Crippen molar-refractivity contribution in [3.05, 3.63) is 58.6 Å². The van der Waals surface area contributed by atoms with Gasteiger partial charge in [-0.25, -0.2) is 0 Å². The molecule has 1 amide bonds. The van der Waals surface area contributed by atoms with E-state index in [-0.39, 0.29) is 5.91 Å². The van der Waals surface area contributed by atoms with Crippen LogP contribution in [0.1, 0.15) is 22.3 Å². The highest BCUT2D eigenvalue weighted by atomic mass is 35.5. The van der Waals surface area contributed by atoms with E-state index in [4.69, 9.17) is 21.1 Å². The van der Waals surface area contributed by atoms with Crippen LogP contribution in [0.2, 0.25) is 5.02 Å². The van der Waals surface area contributed by atoms with Gasteiger partial charge in [0.15, 0.2) is 0 Å². The molecule has 0 aliphatic heterocycles. The van der Waals surface area contributed by atoms with Crippen LogP contribution in [0.5, 0.6) is 11.5 Å². The van der Waals surface area contributed by atoms with Gasteiger partial charge in [-0.2, -0.15) is 0 Å². The van der Waals surface area contributed by atoms with E-state index in [1.54, 1.807) is 25.3 Å². The summed E-state index contributed by atoms with van der Waals surface area (Å²) in [5, 5.41) is 3.39. The topological polar surface area (TPSA) is 47.6 Å². The van der Waals surface area contributed by atoms with Crippen LogP contribution in [0.25, 0.3) is 0 Å². The largest absolute Gasteiger partial charge is 0.496 e. The molecule has 4 nitrogen and oxygen atoms in total. The molecule has 0 aromatic heterocycles. The molecule has 1 N–H and O–H groups in total. The zero-order valence-electron chi connectivity index (χ0n) is 13.3. The molecule has 0 saturated carbocycles. The third-order valence-corrected chi connectivity index (χ3v) is 3.74. The van der Waals surface area contributed by atoms with Gasteiger partial charge in [-0.1, -0.05) is 29.8 Å². The second-order valence-corrected chi connectivity index (χ2v) is 5.45. The lowest BCUT2D eigenvalue weighted by Crippen LogP contribution is -2.25. The predicted octanol–water partition coefficient (Wildman–Crippen LogP) is 3.72. The summed E-state index contributed by atoms with van der Waals surface area (Å²) in [4.78, 5) is 12.2. The molecule has 0 heterocycles. The van der Waals surface area contributed by atoms with E-state index in [1.807, 2.05) is 24.3 Å². The average molecular weight is 334 g/mol. The Bertz CT molecular complexity index is 673. The summed E-state index contributed by atoms with van der Waals surface area (Å²) in [5.74, 6) is 1.19. The van der Waals surface area contributed by atoms with E-state index >= 15 is 0 Å². The van der Waals surface area contributed by atoms with Gasteiger partial charge < -0.3 is 14.8 Å². The second-order valence-electron chi connectivity index (χ2n) is 5.02. The predicted molar refractivity (Wildman–Crippen MR) is 91.7 cm³/mol. The first-order chi connectivity index (χ1) is 11.2. The molecule has 0 spiro atoms. The molecule has 0 fully saturated rings. The zero-order chi connectivity index (χ0) is 16.7. The Hall–Kier alpha value is -2.20. The number of halogens is 1. The molecule has 2 aromatic carbocycles. The van der Waals surface area contributed by atoms with Crippen molar-refractivity contribution in [3.8, 4) is 11.5 Å². The molecular formula is C18H20ClNO3. The molecular weight excluding hydrogens is 314 g/mol. The number of hydrogen-bond donors (Lipinski definition) is 1. The van der Waals surface area contributed by atoms with E-state index in [9.17, 15) is 4.79 Å². The van der Waals surface area contributed by atoms with Crippen molar-refractivity contribution in [2.24, 2.45) is 0 Å². The van der Waals surface area contributed by atoms with E-state index in [2.05, 4.69) is 5.32 Å². The van der Waals surface area contributed by atoms with E-state index in [1.165, 1.54) is 7.11 Å². The van der Waals surface area contributed by atoms with Gasteiger partial charge in [0.05, 0.1) is 19.8 Å². The molecule has 122 valence electrons. The maximum Gasteiger partial charge on any atom is 0.255 e. The zero-order valence-corrected chi connectivity index (χ0v) is 14.0. The standard InChI is InChI=1S/C18H20ClNO3/c1-22-16-8-4-3-6-13(16)7-5-11-20-18(21)15-12-14(19)9-10-17(15)23-2/h3-4,6,8-10,12H,5,7,11H2,1-2H3,(H,20,21). The normalized spacial score (nSPS) is 10.2. The van der Waals surface area contributed by atoms with Gasteiger partial charge in [-0.05, 0) is 42.7 Å². The Morgan fingerprint density at radius 2 is 1.83 bits per heavy atom. The Kier molecular flexibility index (Phi) is 6.29. The molecule has 0 aliphatic rings. The number of benzene rings is 2. The summed E-state index contributed by atoms with van der Waals surface area (Å²) >= 11 is 5.94. The number of para-hydroxylation sites is 1. The Morgan fingerprint density at radius 3 is 2.57 bits per heavy atom. The van der Waals surface area contributed by atoms with Gasteiger partial charge in [-0.3, -0.25) is 4.79 Å². The van der Waals surface area contributed by atoms with E-state index in [0.29, 0.717) is 22.9 Å². The SMILES string of the molecule is COc1ccccc1CCCNC(=O)c1cc(Cl)ccc1OC. The number of hydrogen-bond acceptors (Lipinski definition) is 3. The van der Waals surface area contributed by atoms with E-state index < -0.39 is 0 Å². The molecule has 0 bridgehead atoms. The molecule has 23 heavy (non-hydrogen) atoms. The number of methoxy groups -OCH3 is 2. The molecule has 2 aromatic rings. The minimum absolute atomic E-state index is 0.190. The van der Waals surface area contributed by atoms with Gasteiger partial charge in [0.1, 0.15) is 11.5 Å². The van der Waals surface area contributed by atoms with Crippen molar-refractivity contribution in [1.82, 2.24) is 5.32 Å². The van der Waals surface area contributed by atoms with Crippen LogP contribution in [0.15, 0.2) is 42.5 Å². The monoisotopic (exact) mass is 333 g/mol. The minimum atomic E-state index is -0.190. The number of carbonyl (C=O) groups excluding carboxylic acids is 1. The van der Waals surface area contributed by atoms with Crippen LogP contribution in [-0.2, 0) is 6.42 Å². The number of aryl methyl sites for hydroxylation is 1. The number of rotatable bonds is 7. The van der Waals surface area contributed by atoms with Gasteiger partial charge in [0, 0.05) is 11.6 Å². The first-order valence-electron chi connectivity index (χ1n) is 7.39. The summed E-state index contributed by atoms with van der Waals surface area (Å²) in [6.07, 6.45) is 1.64. The average Bonchev–Trinajstić information content (AvgIpc) is 2.58. The van der Waals surface area contributed by atoms with Gasteiger partial charge in [0.25, 0.3) is 5.91 Å². The molecule has 0 aliphatic carbocycles. The highest BCUT2D eigenvalue weighted by Crippen LogP contribution is 2.22. The lowest BCUT2D eigenvalue weighted by atomic mass is 10.1. The second kappa shape index (κ2) is 8.44. The maximum atomic E-state index is 12.2. The fourth-order valence-electron chi connectivity index (χ4n) is 2.34. The lowest BCUT2D eigenvalue weighted by molar-refractivity contribution is 0.0950. The van der Waals surface area contributed by atoms with Crippen LogP contribution in [-0.4, -0.2) is 26.7 Å². The van der Waals surface area contributed by atoms with Crippen molar-refractivity contribution in [3.63, 3.8) is 0 Å². The number of ether oxygens (including phenoxy) is 2. The Labute approximate surface area is 141 Å². The fourth-order valence-corrected chi connectivity index (χ4v) is 2.52. The Balaban J connectivity index is 1.89. The quantitative estimate of drug-likeness (QED) is 0.785. The van der Waals surface area contributed by atoms with Gasteiger partial charge >= 0.3 is 0 Å². The third kappa shape index (κ3) is 4.63. The maximum absolute atomic E-state index is 12.2. The summed E-state index contributed by atoms with van der Waals surface area (Å²) in [7, 11) is 3.19.